The normalized spacial score (nSPS) is 18.2. The van der Waals surface area contributed by atoms with Gasteiger partial charge in [0.2, 0.25) is 5.95 Å². The Balaban J connectivity index is 1.29. The van der Waals surface area contributed by atoms with Crippen LogP contribution in [0, 0.1) is 19.8 Å². The molecule has 4 aromatic rings. The van der Waals surface area contributed by atoms with Crippen LogP contribution in [0.2, 0.25) is 0 Å². The highest BCUT2D eigenvalue weighted by Crippen LogP contribution is 2.27. The summed E-state index contributed by atoms with van der Waals surface area (Å²) in [6.07, 6.45) is 9.22. The summed E-state index contributed by atoms with van der Waals surface area (Å²) in [6.45, 7) is 10.5. The first kappa shape index (κ1) is 27.9. The molecule has 2 atom stereocenters. The van der Waals surface area contributed by atoms with Crippen LogP contribution in [0.25, 0.3) is 16.9 Å². The highest BCUT2D eigenvalue weighted by Gasteiger charge is 2.35. The number of aryl methyl sites for hydroxylation is 3. The number of hydrogen-bond donors (Lipinski definition) is 2. The van der Waals surface area contributed by atoms with Gasteiger partial charge in [-0.25, -0.2) is 28.1 Å². The van der Waals surface area contributed by atoms with Crippen LogP contribution in [0.15, 0.2) is 48.3 Å². The minimum absolute atomic E-state index is 0.0305. The Morgan fingerprint density at radius 1 is 1.10 bits per heavy atom. The third-order valence-corrected chi connectivity index (χ3v) is 8.97. The maximum atomic E-state index is 13.0. The number of rotatable bonds is 9. The van der Waals surface area contributed by atoms with Crippen molar-refractivity contribution >= 4 is 16.0 Å². The van der Waals surface area contributed by atoms with Gasteiger partial charge in [-0.05, 0) is 50.4 Å². The molecule has 0 aliphatic carbocycles. The largest absolute Gasteiger partial charge is 0.351 e. The number of anilines is 1. The molecule has 0 aromatic carbocycles. The van der Waals surface area contributed by atoms with Crippen LogP contribution in [0.3, 0.4) is 0 Å². The number of imidazole rings is 1. The van der Waals surface area contributed by atoms with Crippen molar-refractivity contribution in [3.05, 3.63) is 60.2 Å². The summed E-state index contributed by atoms with van der Waals surface area (Å²) >= 11 is 0. The van der Waals surface area contributed by atoms with Crippen molar-refractivity contribution in [3.63, 3.8) is 0 Å². The van der Waals surface area contributed by atoms with E-state index >= 15 is 0 Å². The van der Waals surface area contributed by atoms with Crippen LogP contribution in [0.5, 0.6) is 0 Å². The molecule has 2 N–H and O–H groups in total. The number of piperidine rings is 1. The van der Waals surface area contributed by atoms with Crippen molar-refractivity contribution in [2.24, 2.45) is 13.0 Å². The van der Waals surface area contributed by atoms with Crippen molar-refractivity contribution < 1.29 is 8.42 Å². The summed E-state index contributed by atoms with van der Waals surface area (Å²) in [5.74, 6) is 0.561. The van der Waals surface area contributed by atoms with E-state index in [1.807, 2.05) is 43.8 Å². The van der Waals surface area contributed by atoms with Crippen molar-refractivity contribution in [3.8, 4) is 16.9 Å². The number of sulfonamides is 1. The Bertz CT molecular complexity index is 1600. The first-order valence-corrected chi connectivity index (χ1v) is 14.9. The van der Waals surface area contributed by atoms with E-state index in [4.69, 9.17) is 9.97 Å². The van der Waals surface area contributed by atoms with Gasteiger partial charge >= 0.3 is 0 Å². The SMILES string of the molecule is CCNCc1ccc(-n2cc(-c3nc(N[C@H]4CCN(S(=O)(=O)c5cn(C)cn5)C[C@H]4C)ncc3C)cn2)c(C)n1. The summed E-state index contributed by atoms with van der Waals surface area (Å²) in [7, 11) is -1.87. The smallest absolute Gasteiger partial charge is 0.262 e. The van der Waals surface area contributed by atoms with Gasteiger partial charge in [-0.2, -0.15) is 9.40 Å². The van der Waals surface area contributed by atoms with Gasteiger partial charge in [-0.15, -0.1) is 0 Å². The molecule has 1 aliphatic heterocycles. The Morgan fingerprint density at radius 3 is 2.62 bits per heavy atom. The summed E-state index contributed by atoms with van der Waals surface area (Å²) < 4.78 is 31.0. The highest BCUT2D eigenvalue weighted by molar-refractivity contribution is 7.89. The molecule has 13 heteroatoms. The molecule has 12 nitrogen and oxygen atoms in total. The highest BCUT2D eigenvalue weighted by atomic mass is 32.2. The minimum Gasteiger partial charge on any atom is -0.351 e. The second kappa shape index (κ2) is 11.4. The molecule has 5 rings (SSSR count). The molecule has 1 fully saturated rings. The first-order chi connectivity index (χ1) is 19.2. The Kier molecular flexibility index (Phi) is 7.97. The summed E-state index contributed by atoms with van der Waals surface area (Å²) in [4.78, 5) is 18.1. The van der Waals surface area contributed by atoms with Gasteiger partial charge < -0.3 is 15.2 Å². The molecule has 0 spiro atoms. The number of hydrogen-bond acceptors (Lipinski definition) is 9. The van der Waals surface area contributed by atoms with E-state index in [1.54, 1.807) is 24.0 Å². The first-order valence-electron chi connectivity index (χ1n) is 13.5. The molecule has 4 aromatic heterocycles. The summed E-state index contributed by atoms with van der Waals surface area (Å²) in [5.41, 5.74) is 5.41. The number of aromatic nitrogens is 7. The third kappa shape index (κ3) is 5.76. The van der Waals surface area contributed by atoms with E-state index in [2.05, 4.69) is 32.6 Å². The number of nitrogens with one attached hydrogen (secondary N) is 2. The van der Waals surface area contributed by atoms with E-state index < -0.39 is 10.0 Å². The average Bonchev–Trinajstić information content (AvgIpc) is 3.59. The van der Waals surface area contributed by atoms with Crippen LogP contribution < -0.4 is 10.6 Å². The summed E-state index contributed by atoms with van der Waals surface area (Å²) in [5, 5.41) is 11.4. The molecular weight excluding hydrogens is 528 g/mol. The van der Waals surface area contributed by atoms with Gasteiger partial charge in [0.15, 0.2) is 5.03 Å². The Labute approximate surface area is 235 Å². The average molecular weight is 565 g/mol. The second-order valence-corrected chi connectivity index (χ2v) is 12.2. The van der Waals surface area contributed by atoms with Crippen molar-refractivity contribution in [1.82, 2.24) is 43.9 Å². The minimum atomic E-state index is -3.62. The van der Waals surface area contributed by atoms with Crippen molar-refractivity contribution in [2.75, 3.05) is 25.0 Å². The predicted octanol–water partition coefficient (Wildman–Crippen LogP) is 2.70. The van der Waals surface area contributed by atoms with E-state index in [-0.39, 0.29) is 17.0 Å². The van der Waals surface area contributed by atoms with Crippen molar-refractivity contribution in [2.45, 2.75) is 51.7 Å². The Hall–Kier alpha value is -3.68. The second-order valence-electron chi connectivity index (χ2n) is 10.3. The van der Waals surface area contributed by atoms with Crippen LogP contribution in [-0.4, -0.2) is 72.7 Å². The molecule has 0 radical (unpaired) electrons. The van der Waals surface area contributed by atoms with E-state index in [0.29, 0.717) is 25.5 Å². The zero-order chi connectivity index (χ0) is 28.4. The quantitative estimate of drug-likeness (QED) is 0.314. The molecular formula is C27H36N10O2S. The lowest BCUT2D eigenvalue weighted by atomic mass is 9.95. The molecule has 1 saturated heterocycles. The monoisotopic (exact) mass is 564 g/mol. The number of nitrogens with zero attached hydrogens (tertiary/aromatic N) is 8. The van der Waals surface area contributed by atoms with Gasteiger partial charge in [0.25, 0.3) is 10.0 Å². The molecule has 0 bridgehead atoms. The van der Waals surface area contributed by atoms with Crippen LogP contribution in [-0.2, 0) is 23.6 Å². The fourth-order valence-corrected chi connectivity index (χ4v) is 6.46. The molecule has 0 unspecified atom stereocenters. The lowest BCUT2D eigenvalue weighted by Crippen LogP contribution is -2.47. The Morgan fingerprint density at radius 2 is 1.93 bits per heavy atom. The molecule has 1 aliphatic rings. The maximum absolute atomic E-state index is 13.0. The van der Waals surface area contributed by atoms with E-state index in [1.165, 1.54) is 16.8 Å². The lowest BCUT2D eigenvalue weighted by Gasteiger charge is -2.36. The molecule has 0 saturated carbocycles. The maximum Gasteiger partial charge on any atom is 0.262 e. The summed E-state index contributed by atoms with van der Waals surface area (Å²) in [6, 6.07) is 4.08. The zero-order valence-electron chi connectivity index (χ0n) is 23.5. The molecule has 0 amide bonds. The van der Waals surface area contributed by atoms with Crippen LogP contribution >= 0.6 is 0 Å². The van der Waals surface area contributed by atoms with Gasteiger partial charge in [-0.1, -0.05) is 13.8 Å². The van der Waals surface area contributed by atoms with E-state index in [0.717, 1.165) is 47.0 Å². The topological polar surface area (TPSA) is 136 Å². The molecule has 40 heavy (non-hydrogen) atoms. The fraction of sp³-hybridized carbons (Fsp3) is 0.444. The van der Waals surface area contributed by atoms with Gasteiger partial charge in [0, 0.05) is 56.9 Å². The van der Waals surface area contributed by atoms with Crippen LogP contribution in [0.1, 0.15) is 37.2 Å². The lowest BCUT2D eigenvalue weighted by molar-refractivity contribution is 0.260. The van der Waals surface area contributed by atoms with E-state index in [9.17, 15) is 8.42 Å². The van der Waals surface area contributed by atoms with Gasteiger partial charge in [0.1, 0.15) is 0 Å². The fourth-order valence-electron chi connectivity index (χ4n) is 4.94. The standard InChI is InChI=1S/C27H36N10O2S/c1-6-28-13-22-7-8-24(20(4)32-22)37-15-21(12-31-37)26-18(2)11-29-27(34-26)33-23-9-10-36(14-19(23)3)40(38,39)25-16-35(5)17-30-25/h7-8,11-12,15-17,19,23,28H,6,9-10,13-14H2,1-5H3,(H,29,33,34)/t19-,23+/m1/s1. The molecule has 212 valence electrons. The third-order valence-electron chi connectivity index (χ3n) is 7.21. The number of pyridine rings is 1. The zero-order valence-corrected chi connectivity index (χ0v) is 24.4. The predicted molar refractivity (Wildman–Crippen MR) is 152 cm³/mol. The molecule has 5 heterocycles. The van der Waals surface area contributed by atoms with Gasteiger partial charge in [0.05, 0.1) is 35.3 Å². The van der Waals surface area contributed by atoms with Crippen LogP contribution in [0.4, 0.5) is 5.95 Å². The van der Waals surface area contributed by atoms with Gasteiger partial charge in [-0.3, -0.25) is 4.98 Å². The van der Waals surface area contributed by atoms with Crippen molar-refractivity contribution in [1.29, 1.82) is 0 Å².